The van der Waals surface area contributed by atoms with E-state index in [0.29, 0.717) is 19.1 Å². The zero-order valence-electron chi connectivity index (χ0n) is 13.1. The van der Waals surface area contributed by atoms with Crippen LogP contribution in [0.25, 0.3) is 0 Å². The van der Waals surface area contributed by atoms with Gasteiger partial charge in [0.05, 0.1) is 18.8 Å². The standard InChI is InChI=1S/C15H22N4O2/c1-15(2,3)21-14(20)19-8-10-7-16-13(17-12(10)9-19)18(4)11-5-6-11/h7,11H,5-6,8-9H2,1-4H3. The zero-order chi connectivity index (χ0) is 15.2. The molecule has 0 bridgehead atoms. The summed E-state index contributed by atoms with van der Waals surface area (Å²) >= 11 is 0. The van der Waals surface area contributed by atoms with Crippen LogP contribution in [0, 0.1) is 0 Å². The highest BCUT2D eigenvalue weighted by atomic mass is 16.6. The molecule has 0 radical (unpaired) electrons. The Balaban J connectivity index is 1.70. The summed E-state index contributed by atoms with van der Waals surface area (Å²) in [6.07, 6.45) is 3.96. The molecule has 3 rings (SSSR count). The number of rotatable bonds is 2. The Morgan fingerprint density at radius 1 is 1.38 bits per heavy atom. The van der Waals surface area contributed by atoms with Gasteiger partial charge in [0.2, 0.25) is 5.95 Å². The highest BCUT2D eigenvalue weighted by Gasteiger charge is 2.31. The van der Waals surface area contributed by atoms with Gasteiger partial charge in [0.15, 0.2) is 0 Å². The van der Waals surface area contributed by atoms with Gasteiger partial charge in [-0.2, -0.15) is 0 Å². The summed E-state index contributed by atoms with van der Waals surface area (Å²) in [4.78, 5) is 24.9. The second-order valence-electron chi connectivity index (χ2n) is 6.82. The number of hydrogen-bond donors (Lipinski definition) is 0. The van der Waals surface area contributed by atoms with Crippen molar-refractivity contribution in [3.05, 3.63) is 17.5 Å². The van der Waals surface area contributed by atoms with Gasteiger partial charge >= 0.3 is 6.09 Å². The first-order chi connectivity index (χ1) is 9.83. The number of ether oxygens (including phenoxy) is 1. The average molecular weight is 290 g/mol. The van der Waals surface area contributed by atoms with Crippen LogP contribution in [0.15, 0.2) is 6.20 Å². The van der Waals surface area contributed by atoms with Crippen molar-refractivity contribution in [3.63, 3.8) is 0 Å². The van der Waals surface area contributed by atoms with Crippen molar-refractivity contribution < 1.29 is 9.53 Å². The molecule has 114 valence electrons. The lowest BCUT2D eigenvalue weighted by molar-refractivity contribution is 0.0240. The smallest absolute Gasteiger partial charge is 0.410 e. The van der Waals surface area contributed by atoms with Gasteiger partial charge in [-0.1, -0.05) is 0 Å². The van der Waals surface area contributed by atoms with Crippen LogP contribution in [-0.2, 0) is 17.8 Å². The molecule has 1 aliphatic heterocycles. The highest BCUT2D eigenvalue weighted by Crippen LogP contribution is 2.30. The van der Waals surface area contributed by atoms with Crippen molar-refractivity contribution in [1.82, 2.24) is 14.9 Å². The van der Waals surface area contributed by atoms with Gasteiger partial charge < -0.3 is 9.64 Å². The molecule has 2 aliphatic rings. The summed E-state index contributed by atoms with van der Waals surface area (Å²) in [7, 11) is 2.03. The molecular weight excluding hydrogens is 268 g/mol. The van der Waals surface area contributed by atoms with E-state index < -0.39 is 5.60 Å². The minimum atomic E-state index is -0.477. The largest absolute Gasteiger partial charge is 0.444 e. The number of aromatic nitrogens is 2. The van der Waals surface area contributed by atoms with Gasteiger partial charge in [-0.05, 0) is 33.6 Å². The maximum Gasteiger partial charge on any atom is 0.410 e. The third-order valence-corrected chi connectivity index (χ3v) is 3.71. The highest BCUT2D eigenvalue weighted by molar-refractivity contribution is 5.69. The van der Waals surface area contributed by atoms with Crippen molar-refractivity contribution in [2.45, 2.75) is 58.3 Å². The van der Waals surface area contributed by atoms with Crippen LogP contribution in [0.5, 0.6) is 0 Å². The van der Waals surface area contributed by atoms with Crippen LogP contribution < -0.4 is 4.90 Å². The number of nitrogens with zero attached hydrogens (tertiary/aromatic N) is 4. The van der Waals surface area contributed by atoms with Crippen molar-refractivity contribution in [2.75, 3.05) is 11.9 Å². The van der Waals surface area contributed by atoms with E-state index in [9.17, 15) is 4.79 Å². The average Bonchev–Trinajstić information content (AvgIpc) is 3.14. The maximum atomic E-state index is 12.1. The molecule has 0 unspecified atom stereocenters. The summed E-state index contributed by atoms with van der Waals surface area (Å²) in [6.45, 7) is 6.64. The summed E-state index contributed by atoms with van der Waals surface area (Å²) < 4.78 is 5.41. The van der Waals surface area contributed by atoms with Crippen molar-refractivity contribution in [3.8, 4) is 0 Å². The number of carbonyl (C=O) groups excluding carboxylic acids is 1. The fraction of sp³-hybridized carbons (Fsp3) is 0.667. The van der Waals surface area contributed by atoms with Gasteiger partial charge in [0, 0.05) is 24.8 Å². The van der Waals surface area contributed by atoms with Crippen molar-refractivity contribution in [2.24, 2.45) is 0 Å². The molecule has 0 N–H and O–H groups in total. The second kappa shape index (κ2) is 4.86. The Morgan fingerprint density at radius 2 is 2.10 bits per heavy atom. The maximum absolute atomic E-state index is 12.1. The zero-order valence-corrected chi connectivity index (χ0v) is 13.1. The van der Waals surface area contributed by atoms with Gasteiger partial charge in [0.25, 0.3) is 0 Å². The fourth-order valence-corrected chi connectivity index (χ4v) is 2.39. The van der Waals surface area contributed by atoms with E-state index in [1.165, 1.54) is 12.8 Å². The van der Waals surface area contributed by atoms with Crippen LogP contribution in [-0.4, -0.2) is 39.7 Å². The Kier molecular flexibility index (Phi) is 3.26. The molecule has 0 spiro atoms. The van der Waals surface area contributed by atoms with E-state index in [1.54, 1.807) is 4.90 Å². The lowest BCUT2D eigenvalue weighted by atomic mass is 10.2. The van der Waals surface area contributed by atoms with Crippen molar-refractivity contribution in [1.29, 1.82) is 0 Å². The van der Waals surface area contributed by atoms with Crippen LogP contribution >= 0.6 is 0 Å². The molecule has 1 aromatic heterocycles. The Hall–Kier alpha value is -1.85. The van der Waals surface area contributed by atoms with Gasteiger partial charge in [0.1, 0.15) is 5.60 Å². The Morgan fingerprint density at radius 3 is 2.71 bits per heavy atom. The van der Waals surface area contributed by atoms with Gasteiger partial charge in [-0.15, -0.1) is 0 Å². The summed E-state index contributed by atoms with van der Waals surface area (Å²) in [5, 5.41) is 0. The predicted octanol–water partition coefficient (Wildman–Crippen LogP) is 2.33. The third kappa shape index (κ3) is 3.09. The molecule has 1 aromatic rings. The molecule has 1 aliphatic carbocycles. The molecule has 0 aromatic carbocycles. The number of amides is 1. The van der Waals surface area contributed by atoms with E-state index in [2.05, 4.69) is 14.9 Å². The summed E-state index contributed by atoms with van der Waals surface area (Å²) in [6, 6.07) is 0.575. The van der Waals surface area contributed by atoms with E-state index >= 15 is 0 Å². The molecule has 2 heterocycles. The van der Waals surface area contributed by atoms with Crippen LogP contribution in [0.1, 0.15) is 44.9 Å². The minimum Gasteiger partial charge on any atom is -0.444 e. The predicted molar refractivity (Wildman–Crippen MR) is 78.9 cm³/mol. The molecule has 1 fully saturated rings. The van der Waals surface area contributed by atoms with Gasteiger partial charge in [-0.3, -0.25) is 4.90 Å². The number of carbonyl (C=O) groups is 1. The molecule has 0 atom stereocenters. The topological polar surface area (TPSA) is 58.6 Å². The van der Waals surface area contributed by atoms with Crippen molar-refractivity contribution >= 4 is 12.0 Å². The van der Waals surface area contributed by atoms with Gasteiger partial charge in [-0.25, -0.2) is 14.8 Å². The van der Waals surface area contributed by atoms with Crippen LogP contribution in [0.2, 0.25) is 0 Å². The number of hydrogen-bond acceptors (Lipinski definition) is 5. The first-order valence-corrected chi connectivity index (χ1v) is 7.39. The number of fused-ring (bicyclic) bond motifs is 1. The van der Waals surface area contributed by atoms with Crippen LogP contribution in [0.3, 0.4) is 0 Å². The first-order valence-electron chi connectivity index (χ1n) is 7.39. The SMILES string of the molecule is CN(c1ncc2c(n1)CN(C(=O)OC(C)(C)C)C2)C1CC1. The first kappa shape index (κ1) is 14.1. The summed E-state index contributed by atoms with van der Waals surface area (Å²) in [5.41, 5.74) is 1.46. The molecule has 6 heteroatoms. The normalized spacial score (nSPS) is 17.6. The van der Waals surface area contributed by atoms with E-state index in [0.717, 1.165) is 17.2 Å². The molecule has 0 saturated heterocycles. The fourth-order valence-electron chi connectivity index (χ4n) is 2.39. The molecular formula is C15H22N4O2. The number of anilines is 1. The third-order valence-electron chi connectivity index (χ3n) is 3.71. The van der Waals surface area contributed by atoms with E-state index in [4.69, 9.17) is 4.74 Å². The lowest BCUT2D eigenvalue weighted by Crippen LogP contribution is -2.33. The Labute approximate surface area is 125 Å². The minimum absolute atomic E-state index is 0.294. The quantitative estimate of drug-likeness (QED) is 0.836. The second-order valence-corrected chi connectivity index (χ2v) is 6.82. The summed E-state index contributed by atoms with van der Waals surface area (Å²) in [5.74, 6) is 0.752. The molecule has 6 nitrogen and oxygen atoms in total. The molecule has 1 amide bonds. The Bertz CT molecular complexity index is 563. The molecule has 1 saturated carbocycles. The van der Waals surface area contributed by atoms with E-state index in [1.807, 2.05) is 34.0 Å². The monoisotopic (exact) mass is 290 g/mol. The lowest BCUT2D eigenvalue weighted by Gasteiger charge is -2.23. The molecule has 21 heavy (non-hydrogen) atoms. The van der Waals surface area contributed by atoms with Crippen LogP contribution in [0.4, 0.5) is 10.7 Å². The van der Waals surface area contributed by atoms with E-state index in [-0.39, 0.29) is 6.09 Å².